The summed E-state index contributed by atoms with van der Waals surface area (Å²) in [5.74, 6) is -1.46. The van der Waals surface area contributed by atoms with Gasteiger partial charge in [0.25, 0.3) is 5.91 Å². The van der Waals surface area contributed by atoms with Crippen molar-refractivity contribution >= 4 is 35.2 Å². The molecule has 2 saturated heterocycles. The highest BCUT2D eigenvalue weighted by atomic mass is 35.5. The van der Waals surface area contributed by atoms with Crippen LogP contribution in [0, 0.1) is 5.92 Å². The van der Waals surface area contributed by atoms with Crippen LogP contribution in [0.2, 0.25) is 5.02 Å². The quantitative estimate of drug-likeness (QED) is 0.498. The molecule has 1 unspecified atom stereocenters. The number of likely N-dealkylation sites (tertiary alicyclic amines) is 2. The smallest absolute Gasteiger partial charge is 0.306 e. The number of halogens is 1. The molecule has 2 aliphatic rings. The second kappa shape index (κ2) is 11.2. The number of pyridine rings is 1. The van der Waals surface area contributed by atoms with Crippen molar-refractivity contribution in [1.82, 2.24) is 20.1 Å². The summed E-state index contributed by atoms with van der Waals surface area (Å²) < 4.78 is 10.8. The van der Waals surface area contributed by atoms with E-state index in [2.05, 4.69) is 10.3 Å². The first-order valence-electron chi connectivity index (χ1n) is 11.3. The number of nitrogens with two attached hydrogens (primary N) is 1. The molecule has 2 amide bonds. The Kier molecular flexibility index (Phi) is 8.56. The molecule has 188 valence electrons. The Labute approximate surface area is 203 Å². The van der Waals surface area contributed by atoms with E-state index < -0.39 is 11.9 Å². The first-order chi connectivity index (χ1) is 16.2. The molecule has 3 atom stereocenters. The van der Waals surface area contributed by atoms with Gasteiger partial charge in [-0.25, -0.2) is 0 Å². The molecule has 0 aromatic carbocycles. The minimum Gasteiger partial charge on any atom is -0.481 e. The molecule has 11 nitrogen and oxygen atoms in total. The van der Waals surface area contributed by atoms with Gasteiger partial charge in [-0.05, 0) is 32.3 Å². The maximum atomic E-state index is 13.0. The number of nitrogens with one attached hydrogen (secondary N) is 1. The van der Waals surface area contributed by atoms with Crippen LogP contribution in [0.15, 0.2) is 6.07 Å². The van der Waals surface area contributed by atoms with Crippen molar-refractivity contribution in [2.45, 2.75) is 44.4 Å². The molecule has 12 heteroatoms. The standard InChI is InChI=1S/C22H32ClN5O6/c1-12(21(30)27-7-4-13(5-8-27)22(31)32)28-9-6-16(17(11-28)33-2)25-19(29)14-10-15(23)18(24)26-20(14)34-3/h10,12-13,16-17H,4-9,11H2,1-3H3,(H2,24,26)(H,25,29)(H,31,32)/t12?,16-,17+/m1/s1. The number of amides is 2. The lowest BCUT2D eigenvalue weighted by Gasteiger charge is -2.42. The molecule has 3 heterocycles. The first kappa shape index (κ1) is 26.0. The van der Waals surface area contributed by atoms with E-state index in [9.17, 15) is 14.4 Å². The van der Waals surface area contributed by atoms with Crippen LogP contribution in [0.1, 0.15) is 36.5 Å². The van der Waals surface area contributed by atoms with Gasteiger partial charge in [-0.15, -0.1) is 0 Å². The van der Waals surface area contributed by atoms with Gasteiger partial charge in [0.15, 0.2) is 0 Å². The summed E-state index contributed by atoms with van der Waals surface area (Å²) >= 11 is 6.04. The molecular formula is C22H32ClN5O6. The summed E-state index contributed by atoms with van der Waals surface area (Å²) in [6, 6.07) is 0.753. The molecule has 4 N–H and O–H groups in total. The van der Waals surface area contributed by atoms with E-state index in [0.29, 0.717) is 45.4 Å². The highest BCUT2D eigenvalue weighted by Gasteiger charge is 2.37. The highest BCUT2D eigenvalue weighted by molar-refractivity contribution is 6.33. The number of nitrogen functional groups attached to an aromatic ring is 1. The van der Waals surface area contributed by atoms with Crippen LogP contribution in [0.25, 0.3) is 0 Å². The predicted octanol–water partition coefficient (Wildman–Crippen LogP) is 0.857. The Morgan fingerprint density at radius 1 is 1.24 bits per heavy atom. The van der Waals surface area contributed by atoms with E-state index in [1.807, 2.05) is 11.8 Å². The molecule has 34 heavy (non-hydrogen) atoms. The van der Waals surface area contributed by atoms with Crippen molar-refractivity contribution in [2.24, 2.45) is 5.92 Å². The van der Waals surface area contributed by atoms with Gasteiger partial charge in [0, 0.05) is 33.3 Å². The summed E-state index contributed by atoms with van der Waals surface area (Å²) in [5.41, 5.74) is 5.87. The van der Waals surface area contributed by atoms with Gasteiger partial charge in [-0.2, -0.15) is 4.98 Å². The number of ether oxygens (including phenoxy) is 2. The minimum atomic E-state index is -0.804. The summed E-state index contributed by atoms with van der Waals surface area (Å²) in [6.07, 6.45) is 1.17. The van der Waals surface area contributed by atoms with Crippen LogP contribution >= 0.6 is 11.6 Å². The van der Waals surface area contributed by atoms with E-state index in [0.717, 1.165) is 0 Å². The van der Waals surface area contributed by atoms with Crippen molar-refractivity contribution in [1.29, 1.82) is 0 Å². The number of nitrogens with zero attached hydrogens (tertiary/aromatic N) is 3. The van der Waals surface area contributed by atoms with Crippen LogP contribution in [0.5, 0.6) is 5.88 Å². The fourth-order valence-corrected chi connectivity index (χ4v) is 4.66. The minimum absolute atomic E-state index is 0.0199. The third kappa shape index (κ3) is 5.70. The van der Waals surface area contributed by atoms with Crippen molar-refractivity contribution < 1.29 is 29.0 Å². The Balaban J connectivity index is 1.60. The largest absolute Gasteiger partial charge is 0.481 e. The molecule has 0 radical (unpaired) electrons. The maximum absolute atomic E-state index is 13.0. The molecule has 1 aromatic rings. The predicted molar refractivity (Wildman–Crippen MR) is 125 cm³/mol. The van der Waals surface area contributed by atoms with Crippen LogP contribution in [0.3, 0.4) is 0 Å². The van der Waals surface area contributed by atoms with E-state index in [1.165, 1.54) is 13.2 Å². The van der Waals surface area contributed by atoms with Gasteiger partial charge in [-0.3, -0.25) is 19.3 Å². The monoisotopic (exact) mass is 497 g/mol. The Morgan fingerprint density at radius 3 is 2.50 bits per heavy atom. The molecule has 0 saturated carbocycles. The summed E-state index contributed by atoms with van der Waals surface area (Å²) in [7, 11) is 2.96. The number of hydrogen-bond donors (Lipinski definition) is 3. The average Bonchev–Trinajstić information content (AvgIpc) is 2.84. The van der Waals surface area contributed by atoms with E-state index >= 15 is 0 Å². The zero-order valence-electron chi connectivity index (χ0n) is 19.6. The summed E-state index contributed by atoms with van der Waals surface area (Å²) in [5, 5.41) is 12.3. The van der Waals surface area contributed by atoms with Gasteiger partial charge in [0.2, 0.25) is 11.8 Å². The number of aromatic nitrogens is 1. The van der Waals surface area contributed by atoms with Crippen molar-refractivity contribution in [2.75, 3.05) is 46.1 Å². The first-order valence-corrected chi connectivity index (χ1v) is 11.6. The number of methoxy groups -OCH3 is 2. The molecule has 0 bridgehead atoms. The molecular weight excluding hydrogens is 466 g/mol. The lowest BCUT2D eigenvalue weighted by Crippen LogP contribution is -2.59. The Bertz CT molecular complexity index is 923. The molecule has 1 aromatic heterocycles. The molecule has 0 spiro atoms. The number of anilines is 1. The fourth-order valence-electron chi connectivity index (χ4n) is 4.51. The van der Waals surface area contributed by atoms with Gasteiger partial charge in [-0.1, -0.05) is 11.6 Å². The number of piperidine rings is 2. The topological polar surface area (TPSA) is 147 Å². The van der Waals surface area contributed by atoms with Gasteiger partial charge in [0.05, 0.1) is 36.2 Å². The van der Waals surface area contributed by atoms with Crippen LogP contribution < -0.4 is 15.8 Å². The van der Waals surface area contributed by atoms with Gasteiger partial charge < -0.3 is 30.5 Å². The normalized spacial score (nSPS) is 22.8. The number of carbonyl (C=O) groups is 3. The number of carboxylic acids is 1. The van der Waals surface area contributed by atoms with Crippen LogP contribution in [0.4, 0.5) is 5.82 Å². The third-order valence-corrected chi connectivity index (χ3v) is 6.98. The third-order valence-electron chi connectivity index (χ3n) is 6.68. The molecule has 2 fully saturated rings. The van der Waals surface area contributed by atoms with Crippen molar-refractivity contribution in [3.8, 4) is 5.88 Å². The van der Waals surface area contributed by atoms with E-state index in [-0.39, 0.29) is 52.3 Å². The maximum Gasteiger partial charge on any atom is 0.306 e. The molecule has 3 rings (SSSR count). The van der Waals surface area contributed by atoms with Crippen molar-refractivity contribution in [3.05, 3.63) is 16.7 Å². The summed E-state index contributed by atoms with van der Waals surface area (Å²) in [4.78, 5) is 44.9. The van der Waals surface area contributed by atoms with E-state index in [1.54, 1.807) is 12.0 Å². The number of rotatable bonds is 7. The van der Waals surface area contributed by atoms with Crippen LogP contribution in [-0.2, 0) is 14.3 Å². The van der Waals surface area contributed by atoms with Crippen molar-refractivity contribution in [3.63, 3.8) is 0 Å². The lowest BCUT2D eigenvalue weighted by molar-refractivity contribution is -0.147. The average molecular weight is 498 g/mol. The second-order valence-corrected chi connectivity index (χ2v) is 9.07. The lowest BCUT2D eigenvalue weighted by atomic mass is 9.96. The zero-order chi connectivity index (χ0) is 25.0. The summed E-state index contributed by atoms with van der Waals surface area (Å²) in [6.45, 7) is 3.78. The zero-order valence-corrected chi connectivity index (χ0v) is 20.4. The Morgan fingerprint density at radius 2 is 1.91 bits per heavy atom. The number of carboxylic acid groups (broad SMARTS) is 1. The fraction of sp³-hybridized carbons (Fsp3) is 0.636. The molecule has 2 aliphatic heterocycles. The van der Waals surface area contributed by atoms with Gasteiger partial charge >= 0.3 is 5.97 Å². The SMILES string of the molecule is COc1nc(N)c(Cl)cc1C(=O)N[C@@H]1CCN(C(C)C(=O)N2CCC(C(=O)O)CC2)C[C@@H]1OC. The number of aliphatic carboxylic acids is 1. The number of carbonyl (C=O) groups excluding carboxylic acids is 2. The highest BCUT2D eigenvalue weighted by Crippen LogP contribution is 2.26. The molecule has 0 aliphatic carbocycles. The van der Waals surface area contributed by atoms with Crippen LogP contribution in [-0.4, -0.2) is 96.3 Å². The van der Waals surface area contributed by atoms with E-state index in [4.69, 9.17) is 31.9 Å². The number of hydrogen-bond acceptors (Lipinski definition) is 8. The second-order valence-electron chi connectivity index (χ2n) is 8.66. The van der Waals surface area contributed by atoms with Gasteiger partial charge in [0.1, 0.15) is 11.4 Å². The Hall–Kier alpha value is -2.63.